The normalized spacial score (nSPS) is 34.2. The number of cyclic esters (lactones) is 1. The van der Waals surface area contributed by atoms with Crippen LogP contribution in [0.5, 0.6) is 0 Å². The molecule has 43 heavy (non-hydrogen) atoms. The first-order valence-electron chi connectivity index (χ1n) is 15.0. The van der Waals surface area contributed by atoms with E-state index in [-0.39, 0.29) is 12.5 Å². The van der Waals surface area contributed by atoms with Crippen molar-refractivity contribution in [1.29, 1.82) is 0 Å². The number of aliphatic hydroxyl groups is 1. The SMILES string of the molecule is CC[C@@H]1C=CC(=O)OCC1([C@@H](C)OC(C)=O)[C@@H](OC(C)=O)[C@@H](OC(C)=O)C1CCC[C@H]2C(O)C(C)=C[C@@H](OC(C)=O)[C@]12C. The van der Waals surface area contributed by atoms with Crippen molar-refractivity contribution in [2.45, 2.75) is 112 Å². The van der Waals surface area contributed by atoms with E-state index < -0.39 is 83.0 Å². The number of carbonyl (C=O) groups excluding carboxylic acids is 5. The first-order chi connectivity index (χ1) is 20.1. The highest BCUT2D eigenvalue weighted by molar-refractivity contribution is 5.82. The van der Waals surface area contributed by atoms with Crippen LogP contribution in [0.2, 0.25) is 0 Å². The number of fused-ring (bicyclic) bond motifs is 1. The molecule has 10 atom stereocenters. The topological polar surface area (TPSA) is 152 Å². The van der Waals surface area contributed by atoms with E-state index in [0.29, 0.717) is 31.3 Å². The lowest BCUT2D eigenvalue weighted by molar-refractivity contribution is -0.232. The molecule has 0 amide bonds. The number of hydrogen-bond acceptors (Lipinski definition) is 11. The molecule has 0 aromatic rings. The average molecular weight is 607 g/mol. The fraction of sp³-hybridized carbons (Fsp3) is 0.719. The molecular formula is C32H46O11. The van der Waals surface area contributed by atoms with Gasteiger partial charge in [-0.2, -0.15) is 0 Å². The molecular weight excluding hydrogens is 560 g/mol. The summed E-state index contributed by atoms with van der Waals surface area (Å²) in [7, 11) is 0. The van der Waals surface area contributed by atoms with Crippen LogP contribution in [0.4, 0.5) is 0 Å². The molecule has 0 spiro atoms. The molecule has 1 aliphatic heterocycles. The van der Waals surface area contributed by atoms with Crippen molar-refractivity contribution >= 4 is 29.8 Å². The molecule has 0 radical (unpaired) electrons. The zero-order valence-corrected chi connectivity index (χ0v) is 26.4. The fourth-order valence-corrected chi connectivity index (χ4v) is 7.82. The molecule has 0 aromatic heterocycles. The first kappa shape index (κ1) is 34.3. The Morgan fingerprint density at radius 2 is 1.65 bits per heavy atom. The lowest BCUT2D eigenvalue weighted by Crippen LogP contribution is -2.65. The van der Waals surface area contributed by atoms with Gasteiger partial charge in [-0.25, -0.2) is 4.79 Å². The minimum Gasteiger partial charge on any atom is -0.462 e. The van der Waals surface area contributed by atoms with E-state index in [1.165, 1.54) is 33.8 Å². The van der Waals surface area contributed by atoms with Crippen LogP contribution < -0.4 is 0 Å². The molecule has 240 valence electrons. The summed E-state index contributed by atoms with van der Waals surface area (Å²) in [6, 6.07) is 0. The van der Waals surface area contributed by atoms with Gasteiger partial charge in [-0.1, -0.05) is 26.3 Å². The second-order valence-corrected chi connectivity index (χ2v) is 12.3. The predicted molar refractivity (Wildman–Crippen MR) is 153 cm³/mol. The van der Waals surface area contributed by atoms with Gasteiger partial charge in [-0.05, 0) is 56.6 Å². The van der Waals surface area contributed by atoms with E-state index in [2.05, 4.69) is 0 Å². The van der Waals surface area contributed by atoms with E-state index in [1.54, 1.807) is 26.0 Å². The lowest BCUT2D eigenvalue weighted by Gasteiger charge is -2.58. The van der Waals surface area contributed by atoms with E-state index in [0.717, 1.165) is 0 Å². The van der Waals surface area contributed by atoms with Gasteiger partial charge in [0.1, 0.15) is 24.9 Å². The van der Waals surface area contributed by atoms with Crippen molar-refractivity contribution in [2.24, 2.45) is 28.6 Å². The Labute approximate surface area is 253 Å². The van der Waals surface area contributed by atoms with Crippen molar-refractivity contribution in [2.75, 3.05) is 6.61 Å². The maximum atomic E-state index is 12.9. The van der Waals surface area contributed by atoms with Crippen molar-refractivity contribution in [3.8, 4) is 0 Å². The van der Waals surface area contributed by atoms with E-state index in [9.17, 15) is 29.1 Å². The standard InChI is InChI=1S/C32H46O11/c1-9-23-13-14-27(37)39-16-32(23,18(3)40-19(4)33)30(43-22(7)36)29(42-21(6)35)25-12-10-11-24-28(38)17(2)15-26(31(24,25)8)41-20(5)34/h13-15,18,23-26,28-30,38H,9-12,16H2,1-8H3/t18-,23-,24+,25?,26-,28?,29+,30+,31+,32?/m1/s1. The molecule has 0 aromatic carbocycles. The fourth-order valence-electron chi connectivity index (χ4n) is 7.82. The molecule has 3 unspecified atom stereocenters. The molecule has 1 N–H and O–H groups in total. The Hall–Kier alpha value is -3.21. The largest absolute Gasteiger partial charge is 0.462 e. The molecule has 3 aliphatic rings. The van der Waals surface area contributed by atoms with Gasteiger partial charge in [-0.3, -0.25) is 19.2 Å². The van der Waals surface area contributed by atoms with E-state index in [4.69, 9.17) is 23.7 Å². The zero-order valence-electron chi connectivity index (χ0n) is 26.4. The molecule has 3 rings (SSSR count). The lowest BCUT2D eigenvalue weighted by atomic mass is 9.51. The zero-order chi connectivity index (χ0) is 32.3. The molecule has 0 bridgehead atoms. The second kappa shape index (κ2) is 13.6. The number of carbonyl (C=O) groups is 5. The first-order valence-corrected chi connectivity index (χ1v) is 15.0. The molecule has 0 saturated heterocycles. The van der Waals surface area contributed by atoms with Gasteiger partial charge in [0.15, 0.2) is 6.10 Å². The van der Waals surface area contributed by atoms with Crippen LogP contribution in [0, 0.1) is 28.6 Å². The number of hydrogen-bond donors (Lipinski definition) is 1. The summed E-state index contributed by atoms with van der Waals surface area (Å²) in [4.78, 5) is 62.8. The van der Waals surface area contributed by atoms with Gasteiger partial charge in [-0.15, -0.1) is 0 Å². The van der Waals surface area contributed by atoms with Crippen LogP contribution in [0.1, 0.15) is 81.1 Å². The highest BCUT2D eigenvalue weighted by Crippen LogP contribution is 2.58. The average Bonchev–Trinajstić information content (AvgIpc) is 3.07. The van der Waals surface area contributed by atoms with Gasteiger partial charge in [0.25, 0.3) is 0 Å². The van der Waals surface area contributed by atoms with Crippen LogP contribution >= 0.6 is 0 Å². The smallest absolute Gasteiger partial charge is 0.330 e. The number of esters is 5. The van der Waals surface area contributed by atoms with Crippen LogP contribution in [0.25, 0.3) is 0 Å². The van der Waals surface area contributed by atoms with Crippen LogP contribution in [-0.2, 0) is 47.7 Å². The Morgan fingerprint density at radius 1 is 1.02 bits per heavy atom. The van der Waals surface area contributed by atoms with Crippen molar-refractivity contribution in [3.05, 3.63) is 23.8 Å². The summed E-state index contributed by atoms with van der Waals surface area (Å²) in [6.07, 6.45) is 1.82. The maximum Gasteiger partial charge on any atom is 0.330 e. The van der Waals surface area contributed by atoms with Gasteiger partial charge in [0.2, 0.25) is 0 Å². The number of aliphatic hydroxyl groups excluding tert-OH is 1. The monoisotopic (exact) mass is 606 g/mol. The quantitative estimate of drug-likeness (QED) is 0.233. The second-order valence-electron chi connectivity index (χ2n) is 12.3. The highest BCUT2D eigenvalue weighted by Gasteiger charge is 2.64. The van der Waals surface area contributed by atoms with Crippen LogP contribution in [-0.4, -0.2) is 72.1 Å². The summed E-state index contributed by atoms with van der Waals surface area (Å²) in [5.41, 5.74) is -1.68. The molecule has 11 nitrogen and oxygen atoms in total. The summed E-state index contributed by atoms with van der Waals surface area (Å²) >= 11 is 0. The summed E-state index contributed by atoms with van der Waals surface area (Å²) in [5, 5.41) is 11.4. The third-order valence-electron chi connectivity index (χ3n) is 9.77. The van der Waals surface area contributed by atoms with Gasteiger partial charge in [0.05, 0.1) is 11.5 Å². The van der Waals surface area contributed by atoms with Crippen molar-refractivity contribution < 1.29 is 52.8 Å². The number of rotatable bonds is 9. The van der Waals surface area contributed by atoms with Gasteiger partial charge >= 0.3 is 29.8 Å². The molecule has 1 saturated carbocycles. The van der Waals surface area contributed by atoms with E-state index in [1.807, 2.05) is 13.8 Å². The molecule has 1 fully saturated rings. The van der Waals surface area contributed by atoms with Gasteiger partial charge in [0, 0.05) is 45.1 Å². The summed E-state index contributed by atoms with van der Waals surface area (Å²) in [5.74, 6) is -4.56. The predicted octanol–water partition coefficient (Wildman–Crippen LogP) is 3.60. The summed E-state index contributed by atoms with van der Waals surface area (Å²) < 4.78 is 29.4. The highest BCUT2D eigenvalue weighted by atomic mass is 16.6. The third kappa shape index (κ3) is 6.81. The van der Waals surface area contributed by atoms with Crippen molar-refractivity contribution in [3.63, 3.8) is 0 Å². The number of ether oxygens (including phenoxy) is 5. The molecule has 2 aliphatic carbocycles. The van der Waals surface area contributed by atoms with Crippen molar-refractivity contribution in [1.82, 2.24) is 0 Å². The van der Waals surface area contributed by atoms with Gasteiger partial charge < -0.3 is 28.8 Å². The molecule has 11 heteroatoms. The number of allylic oxidation sites excluding steroid dienone is 1. The third-order valence-corrected chi connectivity index (χ3v) is 9.77. The minimum absolute atomic E-state index is 0.302. The Kier molecular flexibility index (Phi) is 10.9. The Bertz CT molecular complexity index is 1160. The van der Waals surface area contributed by atoms with Crippen LogP contribution in [0.3, 0.4) is 0 Å². The maximum absolute atomic E-state index is 12.9. The molecule has 1 heterocycles. The Morgan fingerprint density at radius 3 is 2.21 bits per heavy atom. The van der Waals surface area contributed by atoms with E-state index >= 15 is 0 Å². The minimum atomic E-state index is -1.38. The van der Waals surface area contributed by atoms with Crippen LogP contribution in [0.15, 0.2) is 23.8 Å². The summed E-state index contributed by atoms with van der Waals surface area (Å²) in [6.45, 7) is 11.9. The Balaban J connectivity index is 2.34.